The van der Waals surface area contributed by atoms with Crippen molar-refractivity contribution in [2.75, 3.05) is 20.8 Å². The maximum Gasteiger partial charge on any atom is 0.748 e. The summed E-state index contributed by atoms with van der Waals surface area (Å²) in [6.07, 6.45) is 0. The molecule has 0 aromatic heterocycles. The second-order valence-electron chi connectivity index (χ2n) is 2.15. The van der Waals surface area contributed by atoms with E-state index in [1.165, 1.54) is 14.2 Å². The van der Waals surface area contributed by atoms with E-state index in [0.717, 1.165) is 0 Å². The van der Waals surface area contributed by atoms with Crippen LogP contribution in [0.5, 0.6) is 0 Å². The lowest BCUT2D eigenvalue weighted by Crippen LogP contribution is -2.46. The maximum atomic E-state index is 5.25. The molecule has 0 saturated heterocycles. The summed E-state index contributed by atoms with van der Waals surface area (Å²) < 4.78 is 20.6. The van der Waals surface area contributed by atoms with Crippen molar-refractivity contribution >= 4 is 9.05 Å². The van der Waals surface area contributed by atoms with Gasteiger partial charge in [0.25, 0.3) is 0 Å². The highest BCUT2D eigenvalue weighted by Gasteiger charge is 2.45. The van der Waals surface area contributed by atoms with Crippen molar-refractivity contribution in [1.82, 2.24) is 0 Å². The van der Waals surface area contributed by atoms with Crippen LogP contribution in [0, 0.1) is 0 Å². The van der Waals surface area contributed by atoms with Crippen LogP contribution >= 0.6 is 0 Å². The number of hydrogen-bond donors (Lipinski definition) is 0. The summed E-state index contributed by atoms with van der Waals surface area (Å²) in [4.78, 5) is 0. The molecular formula is C7H16O4Si. The average molecular weight is 192 g/mol. The van der Waals surface area contributed by atoms with Gasteiger partial charge in [-0.25, -0.2) is 0 Å². The molecule has 0 bridgehead atoms. The van der Waals surface area contributed by atoms with Crippen LogP contribution in [-0.4, -0.2) is 29.9 Å². The van der Waals surface area contributed by atoms with E-state index in [0.29, 0.717) is 12.4 Å². The van der Waals surface area contributed by atoms with E-state index < -0.39 is 9.05 Å². The molecule has 0 heterocycles. The average Bonchev–Trinajstić information content (AvgIpc) is 2.03. The SMILES string of the molecule is C=C(C)O[Si](OC)(OC)OCC. The number of allylic oxidation sites excluding steroid dienone is 1. The number of hydrogen-bond acceptors (Lipinski definition) is 4. The molecule has 0 aromatic rings. The second kappa shape index (κ2) is 5.31. The molecule has 0 saturated carbocycles. The first-order chi connectivity index (χ1) is 5.60. The van der Waals surface area contributed by atoms with Crippen LogP contribution in [0.2, 0.25) is 0 Å². The van der Waals surface area contributed by atoms with E-state index in [4.69, 9.17) is 17.7 Å². The molecule has 12 heavy (non-hydrogen) atoms. The van der Waals surface area contributed by atoms with E-state index in [1.54, 1.807) is 6.92 Å². The predicted octanol–water partition coefficient (Wildman–Crippen LogP) is 1.30. The molecule has 0 aliphatic carbocycles. The quantitative estimate of drug-likeness (QED) is 0.469. The zero-order valence-electron chi connectivity index (χ0n) is 8.05. The largest absolute Gasteiger partial charge is 0.748 e. The first-order valence-electron chi connectivity index (χ1n) is 3.69. The van der Waals surface area contributed by atoms with Crippen LogP contribution in [0.15, 0.2) is 12.3 Å². The fourth-order valence-electron chi connectivity index (χ4n) is 0.704. The van der Waals surface area contributed by atoms with Crippen LogP contribution in [0.3, 0.4) is 0 Å². The Morgan fingerprint density at radius 1 is 1.33 bits per heavy atom. The van der Waals surface area contributed by atoms with Gasteiger partial charge in [0, 0.05) is 20.8 Å². The Balaban J connectivity index is 4.23. The lowest BCUT2D eigenvalue weighted by molar-refractivity contribution is 0.0144. The third-order valence-corrected chi connectivity index (χ3v) is 3.36. The fraction of sp³-hybridized carbons (Fsp3) is 0.714. The minimum atomic E-state index is -2.91. The summed E-state index contributed by atoms with van der Waals surface area (Å²) in [6, 6.07) is 0. The molecule has 0 N–H and O–H groups in total. The topological polar surface area (TPSA) is 36.9 Å². The molecule has 0 radical (unpaired) electrons. The molecule has 5 heteroatoms. The van der Waals surface area contributed by atoms with E-state index in [-0.39, 0.29) is 0 Å². The third-order valence-electron chi connectivity index (χ3n) is 1.12. The van der Waals surface area contributed by atoms with Gasteiger partial charge in [0.05, 0.1) is 5.76 Å². The fourth-order valence-corrected chi connectivity index (χ4v) is 2.11. The molecule has 0 amide bonds. The van der Waals surface area contributed by atoms with E-state index >= 15 is 0 Å². The molecule has 0 fully saturated rings. The normalized spacial score (nSPS) is 11.3. The lowest BCUT2D eigenvalue weighted by atomic mass is 10.7. The van der Waals surface area contributed by atoms with Crippen molar-refractivity contribution in [1.29, 1.82) is 0 Å². The van der Waals surface area contributed by atoms with Crippen LogP contribution in [0.25, 0.3) is 0 Å². The molecule has 0 rings (SSSR count). The van der Waals surface area contributed by atoms with Crippen LogP contribution in [0.1, 0.15) is 13.8 Å². The zero-order valence-corrected chi connectivity index (χ0v) is 9.05. The van der Waals surface area contributed by atoms with Crippen molar-refractivity contribution in [3.8, 4) is 0 Å². The minimum Gasteiger partial charge on any atom is -0.485 e. The molecule has 0 aliphatic heterocycles. The monoisotopic (exact) mass is 192 g/mol. The maximum absolute atomic E-state index is 5.25. The first kappa shape index (κ1) is 11.6. The van der Waals surface area contributed by atoms with Crippen LogP contribution in [-0.2, 0) is 17.7 Å². The molecule has 0 unspecified atom stereocenters. The van der Waals surface area contributed by atoms with Crippen molar-refractivity contribution in [2.24, 2.45) is 0 Å². The van der Waals surface area contributed by atoms with Crippen molar-refractivity contribution < 1.29 is 17.7 Å². The van der Waals surface area contributed by atoms with Crippen molar-refractivity contribution in [3.63, 3.8) is 0 Å². The van der Waals surface area contributed by atoms with E-state index in [2.05, 4.69) is 6.58 Å². The molecule has 4 nitrogen and oxygen atoms in total. The van der Waals surface area contributed by atoms with Gasteiger partial charge in [-0.2, -0.15) is 0 Å². The van der Waals surface area contributed by atoms with Gasteiger partial charge in [-0.3, -0.25) is 0 Å². The predicted molar refractivity (Wildman–Crippen MR) is 47.3 cm³/mol. The third kappa shape index (κ3) is 3.36. The smallest absolute Gasteiger partial charge is 0.485 e. The summed E-state index contributed by atoms with van der Waals surface area (Å²) in [5.41, 5.74) is 0. The van der Waals surface area contributed by atoms with Gasteiger partial charge in [0.15, 0.2) is 0 Å². The highest BCUT2D eigenvalue weighted by molar-refractivity contribution is 6.53. The zero-order chi connectivity index (χ0) is 9.61. The Hall–Kier alpha value is -0.363. The summed E-state index contributed by atoms with van der Waals surface area (Å²) in [7, 11) is 0.0827. The Morgan fingerprint density at radius 3 is 2.08 bits per heavy atom. The van der Waals surface area contributed by atoms with Crippen molar-refractivity contribution in [2.45, 2.75) is 13.8 Å². The minimum absolute atomic E-state index is 0.487. The number of rotatable bonds is 6. The van der Waals surface area contributed by atoms with Gasteiger partial charge in [-0.15, -0.1) is 0 Å². The van der Waals surface area contributed by atoms with E-state index in [9.17, 15) is 0 Å². The van der Waals surface area contributed by atoms with Gasteiger partial charge >= 0.3 is 9.05 Å². The second-order valence-corrected chi connectivity index (χ2v) is 4.45. The van der Waals surface area contributed by atoms with Gasteiger partial charge in [0.2, 0.25) is 0 Å². The van der Waals surface area contributed by atoms with Gasteiger partial charge in [-0.1, -0.05) is 6.58 Å². The Kier molecular flexibility index (Phi) is 5.15. The van der Waals surface area contributed by atoms with Gasteiger partial charge in [0.1, 0.15) is 0 Å². The Morgan fingerprint density at radius 2 is 1.83 bits per heavy atom. The van der Waals surface area contributed by atoms with Gasteiger partial charge in [-0.05, 0) is 13.8 Å². The molecular weight excluding hydrogens is 176 g/mol. The summed E-state index contributed by atoms with van der Waals surface area (Å²) in [6.45, 7) is 7.65. The summed E-state index contributed by atoms with van der Waals surface area (Å²) in [5, 5.41) is 0. The van der Waals surface area contributed by atoms with E-state index in [1.807, 2.05) is 6.92 Å². The highest BCUT2D eigenvalue weighted by atomic mass is 28.4. The Labute approximate surface area is 74.6 Å². The summed E-state index contributed by atoms with van der Waals surface area (Å²) in [5.74, 6) is 0.527. The van der Waals surface area contributed by atoms with Crippen LogP contribution < -0.4 is 0 Å². The summed E-state index contributed by atoms with van der Waals surface area (Å²) >= 11 is 0. The highest BCUT2D eigenvalue weighted by Crippen LogP contribution is 2.12. The van der Waals surface area contributed by atoms with Crippen molar-refractivity contribution in [3.05, 3.63) is 12.3 Å². The first-order valence-corrected chi connectivity index (χ1v) is 5.32. The molecule has 72 valence electrons. The van der Waals surface area contributed by atoms with Crippen LogP contribution in [0.4, 0.5) is 0 Å². The molecule has 0 aromatic carbocycles. The standard InChI is InChI=1S/C7H16O4Si/c1-6-10-12(8-4,9-5)11-7(2)3/h2,6H2,1,3-5H3. The molecule has 0 aliphatic rings. The molecule has 0 atom stereocenters. The Bertz CT molecular complexity index is 144. The lowest BCUT2D eigenvalue weighted by Gasteiger charge is -2.24. The molecule has 0 spiro atoms. The van der Waals surface area contributed by atoms with Gasteiger partial charge < -0.3 is 17.7 Å².